The van der Waals surface area contributed by atoms with Crippen LogP contribution < -0.4 is 10.1 Å². The van der Waals surface area contributed by atoms with E-state index in [-0.39, 0.29) is 17.6 Å². The lowest BCUT2D eigenvalue weighted by atomic mass is 10.1. The molecule has 0 aliphatic rings. The van der Waals surface area contributed by atoms with Crippen LogP contribution in [0.25, 0.3) is 11.3 Å². The van der Waals surface area contributed by atoms with Crippen molar-refractivity contribution in [2.45, 2.75) is 19.6 Å². The molecule has 3 rings (SSSR count). The maximum absolute atomic E-state index is 14.3. The molecule has 3 nitrogen and oxygen atoms in total. The fourth-order valence-corrected chi connectivity index (χ4v) is 3.15. The van der Waals surface area contributed by atoms with Crippen LogP contribution in [0.2, 0.25) is 0 Å². The average molecular weight is 342 g/mol. The number of benzene rings is 2. The molecule has 1 heterocycles. The third-order valence-electron chi connectivity index (χ3n) is 3.79. The topological polar surface area (TPSA) is 34.2 Å². The van der Waals surface area contributed by atoms with Gasteiger partial charge in [0.1, 0.15) is 11.6 Å². The normalized spacial score (nSPS) is 12.1. The smallest absolute Gasteiger partial charge is 0.165 e. The summed E-state index contributed by atoms with van der Waals surface area (Å²) in [6.45, 7) is 2.39. The van der Waals surface area contributed by atoms with Crippen LogP contribution in [0.4, 0.5) is 4.39 Å². The van der Waals surface area contributed by atoms with Gasteiger partial charge in [0.25, 0.3) is 0 Å². The molecule has 3 aromatic rings. The van der Waals surface area contributed by atoms with Gasteiger partial charge in [0, 0.05) is 10.9 Å². The van der Waals surface area contributed by atoms with Gasteiger partial charge < -0.3 is 10.1 Å². The minimum atomic E-state index is -0.375. The summed E-state index contributed by atoms with van der Waals surface area (Å²) in [7, 11) is 1.89. The van der Waals surface area contributed by atoms with Crippen LogP contribution >= 0.6 is 11.3 Å². The van der Waals surface area contributed by atoms with Gasteiger partial charge in [-0.25, -0.2) is 9.37 Å². The zero-order chi connectivity index (χ0) is 16.9. The molecular formula is C19H19FN2OS. The molecule has 2 aromatic carbocycles. The lowest BCUT2D eigenvalue weighted by Crippen LogP contribution is -2.11. The maximum atomic E-state index is 14.3. The van der Waals surface area contributed by atoms with Crippen LogP contribution in [0.1, 0.15) is 23.5 Å². The van der Waals surface area contributed by atoms with E-state index in [2.05, 4.69) is 10.3 Å². The van der Waals surface area contributed by atoms with Crippen LogP contribution in [0.3, 0.4) is 0 Å². The fourth-order valence-electron chi connectivity index (χ4n) is 2.26. The first-order valence-electron chi connectivity index (χ1n) is 7.76. The minimum absolute atomic E-state index is 0.182. The number of nitrogens with zero attached hydrogens (tertiary/aromatic N) is 1. The van der Waals surface area contributed by atoms with Crippen molar-refractivity contribution in [3.05, 3.63) is 70.3 Å². The SMILES string of the molecule is CNC(C)c1nc(-c2ccc(OCc3ccccc3)c(F)c2)cs1. The lowest BCUT2D eigenvalue weighted by molar-refractivity contribution is 0.290. The van der Waals surface area contributed by atoms with Crippen molar-refractivity contribution in [3.8, 4) is 17.0 Å². The van der Waals surface area contributed by atoms with Crippen LogP contribution in [0.15, 0.2) is 53.9 Å². The molecule has 24 heavy (non-hydrogen) atoms. The number of halogens is 1. The Kier molecular flexibility index (Phi) is 5.23. The van der Waals surface area contributed by atoms with Crippen molar-refractivity contribution < 1.29 is 9.13 Å². The third kappa shape index (κ3) is 3.80. The fraction of sp³-hybridized carbons (Fsp3) is 0.211. The number of thiazole rings is 1. The number of aromatic nitrogens is 1. The molecule has 0 radical (unpaired) electrons. The predicted octanol–water partition coefficient (Wildman–Crippen LogP) is 4.81. The quantitative estimate of drug-likeness (QED) is 0.698. The van der Waals surface area contributed by atoms with Gasteiger partial charge in [0.15, 0.2) is 11.6 Å². The number of ether oxygens (including phenoxy) is 1. The highest BCUT2D eigenvalue weighted by atomic mass is 32.1. The average Bonchev–Trinajstić information content (AvgIpc) is 3.11. The highest BCUT2D eigenvalue weighted by molar-refractivity contribution is 7.10. The van der Waals surface area contributed by atoms with E-state index in [1.165, 1.54) is 6.07 Å². The molecule has 1 aromatic heterocycles. The van der Waals surface area contributed by atoms with Crippen molar-refractivity contribution in [2.24, 2.45) is 0 Å². The first-order valence-corrected chi connectivity index (χ1v) is 8.64. The highest BCUT2D eigenvalue weighted by Crippen LogP contribution is 2.29. The van der Waals surface area contributed by atoms with Crippen molar-refractivity contribution in [3.63, 3.8) is 0 Å². The summed E-state index contributed by atoms with van der Waals surface area (Å²) >= 11 is 1.57. The minimum Gasteiger partial charge on any atom is -0.486 e. The van der Waals surface area contributed by atoms with Gasteiger partial charge >= 0.3 is 0 Å². The molecule has 0 aliphatic carbocycles. The molecule has 124 valence electrons. The van der Waals surface area contributed by atoms with E-state index in [1.54, 1.807) is 17.4 Å². The zero-order valence-electron chi connectivity index (χ0n) is 13.6. The predicted molar refractivity (Wildman–Crippen MR) is 95.8 cm³/mol. The third-order valence-corrected chi connectivity index (χ3v) is 4.82. The summed E-state index contributed by atoms with van der Waals surface area (Å²) in [6, 6.07) is 14.9. The monoisotopic (exact) mass is 342 g/mol. The summed E-state index contributed by atoms with van der Waals surface area (Å²) < 4.78 is 19.9. The number of rotatable bonds is 6. The highest BCUT2D eigenvalue weighted by Gasteiger charge is 2.12. The Morgan fingerprint density at radius 3 is 2.71 bits per heavy atom. The Morgan fingerprint density at radius 1 is 1.21 bits per heavy atom. The van der Waals surface area contributed by atoms with Crippen LogP contribution in [-0.2, 0) is 6.61 Å². The van der Waals surface area contributed by atoms with Gasteiger partial charge in [-0.1, -0.05) is 30.3 Å². The first kappa shape index (κ1) is 16.6. The molecule has 1 atom stereocenters. The molecule has 0 spiro atoms. The Balaban J connectivity index is 1.73. The molecule has 0 saturated carbocycles. The summed E-state index contributed by atoms with van der Waals surface area (Å²) in [5, 5.41) is 6.08. The van der Waals surface area contributed by atoms with E-state index in [0.29, 0.717) is 6.61 Å². The number of hydrogen-bond donors (Lipinski definition) is 1. The van der Waals surface area contributed by atoms with Gasteiger partial charge in [-0.2, -0.15) is 0 Å². The van der Waals surface area contributed by atoms with Crippen molar-refractivity contribution >= 4 is 11.3 Å². The Morgan fingerprint density at radius 2 is 2.00 bits per heavy atom. The van der Waals surface area contributed by atoms with E-state index < -0.39 is 0 Å². The summed E-state index contributed by atoms with van der Waals surface area (Å²) in [5.74, 6) is -0.124. The van der Waals surface area contributed by atoms with Gasteiger partial charge in [-0.15, -0.1) is 11.3 Å². The van der Waals surface area contributed by atoms with E-state index >= 15 is 0 Å². The molecule has 0 bridgehead atoms. The van der Waals surface area contributed by atoms with E-state index in [1.807, 2.05) is 55.7 Å². The molecule has 0 amide bonds. The maximum Gasteiger partial charge on any atom is 0.165 e. The van der Waals surface area contributed by atoms with E-state index in [9.17, 15) is 4.39 Å². The van der Waals surface area contributed by atoms with Crippen LogP contribution in [-0.4, -0.2) is 12.0 Å². The first-order chi connectivity index (χ1) is 11.7. The van der Waals surface area contributed by atoms with E-state index in [4.69, 9.17) is 4.74 Å². The molecule has 1 unspecified atom stereocenters. The largest absolute Gasteiger partial charge is 0.486 e. The summed E-state index contributed by atoms with van der Waals surface area (Å²) in [4.78, 5) is 4.56. The van der Waals surface area contributed by atoms with Gasteiger partial charge in [-0.3, -0.25) is 0 Å². The lowest BCUT2D eigenvalue weighted by Gasteiger charge is -2.08. The second-order valence-corrected chi connectivity index (χ2v) is 6.39. The summed E-state index contributed by atoms with van der Waals surface area (Å²) in [5.41, 5.74) is 2.54. The van der Waals surface area contributed by atoms with Gasteiger partial charge in [-0.05, 0) is 37.7 Å². The Bertz CT molecular complexity index is 804. The number of hydrogen-bond acceptors (Lipinski definition) is 4. The number of nitrogens with one attached hydrogen (secondary N) is 1. The van der Waals surface area contributed by atoms with Crippen molar-refractivity contribution in [2.75, 3.05) is 7.05 Å². The molecule has 0 fully saturated rings. The zero-order valence-corrected chi connectivity index (χ0v) is 14.4. The Hall–Kier alpha value is -2.24. The summed E-state index contributed by atoms with van der Waals surface area (Å²) in [6.07, 6.45) is 0. The van der Waals surface area contributed by atoms with Crippen LogP contribution in [0, 0.1) is 5.82 Å². The second kappa shape index (κ2) is 7.55. The van der Waals surface area contributed by atoms with Crippen LogP contribution in [0.5, 0.6) is 5.75 Å². The molecule has 5 heteroatoms. The van der Waals surface area contributed by atoms with E-state index in [0.717, 1.165) is 21.8 Å². The Labute approximate surface area is 145 Å². The van der Waals surface area contributed by atoms with Crippen molar-refractivity contribution in [1.29, 1.82) is 0 Å². The molecule has 0 aliphatic heterocycles. The molecule has 0 saturated heterocycles. The standard InChI is InChI=1S/C19H19FN2OS/c1-13(21-2)19-22-17(12-24-19)15-8-9-18(16(20)10-15)23-11-14-6-4-3-5-7-14/h3-10,12-13,21H,11H2,1-2H3. The molecule has 1 N–H and O–H groups in total. The van der Waals surface area contributed by atoms with Gasteiger partial charge in [0.2, 0.25) is 0 Å². The van der Waals surface area contributed by atoms with Crippen molar-refractivity contribution in [1.82, 2.24) is 10.3 Å². The van der Waals surface area contributed by atoms with Gasteiger partial charge in [0.05, 0.1) is 11.7 Å². The second-order valence-electron chi connectivity index (χ2n) is 5.50. The molecular weight excluding hydrogens is 323 g/mol.